The molecular formula is C10H11N3O4. The first-order chi connectivity index (χ1) is 8.06. The van der Waals surface area contributed by atoms with Crippen molar-refractivity contribution in [1.82, 2.24) is 5.01 Å². The molecule has 0 saturated carbocycles. The fourth-order valence-corrected chi connectivity index (χ4v) is 1.89. The summed E-state index contributed by atoms with van der Waals surface area (Å²) in [5, 5.41) is 21.6. The van der Waals surface area contributed by atoms with Crippen molar-refractivity contribution in [3.63, 3.8) is 0 Å². The van der Waals surface area contributed by atoms with E-state index >= 15 is 0 Å². The van der Waals surface area contributed by atoms with Gasteiger partial charge in [0.1, 0.15) is 0 Å². The van der Waals surface area contributed by atoms with Crippen molar-refractivity contribution in [3.8, 4) is 0 Å². The highest BCUT2D eigenvalue weighted by atomic mass is 16.7. The Labute approximate surface area is 96.9 Å². The molecule has 0 spiro atoms. The van der Waals surface area contributed by atoms with Crippen molar-refractivity contribution in [3.05, 3.63) is 50.1 Å². The van der Waals surface area contributed by atoms with Crippen LogP contribution in [0.5, 0.6) is 0 Å². The first-order valence-electron chi connectivity index (χ1n) is 5.19. The van der Waals surface area contributed by atoms with Gasteiger partial charge in [0, 0.05) is 18.1 Å². The van der Waals surface area contributed by atoms with Crippen LogP contribution in [0.15, 0.2) is 24.3 Å². The summed E-state index contributed by atoms with van der Waals surface area (Å²) in [5.74, 6) is 0.266. The fourth-order valence-electron chi connectivity index (χ4n) is 1.89. The summed E-state index contributed by atoms with van der Waals surface area (Å²) in [7, 11) is 0. The lowest BCUT2D eigenvalue weighted by atomic mass is 9.93. The van der Waals surface area contributed by atoms with Crippen molar-refractivity contribution in [2.24, 2.45) is 5.92 Å². The normalized spacial score (nSPS) is 15.4. The lowest BCUT2D eigenvalue weighted by molar-refractivity contribution is -0.674. The van der Waals surface area contributed by atoms with Crippen LogP contribution in [0.25, 0.3) is 0 Å². The minimum absolute atomic E-state index is 0.0641. The molecule has 0 aromatic heterocycles. The Kier molecular flexibility index (Phi) is 2.90. The van der Waals surface area contributed by atoms with Gasteiger partial charge < -0.3 is 0 Å². The second kappa shape index (κ2) is 4.36. The SMILES string of the molecule is O=[N+]([O-])c1ccc(CC2CN([N+](=O)[O-])C2)cc1. The van der Waals surface area contributed by atoms with E-state index in [4.69, 9.17) is 0 Å². The minimum Gasteiger partial charge on any atom is -0.258 e. The predicted molar refractivity (Wildman–Crippen MR) is 58.9 cm³/mol. The summed E-state index contributed by atoms with van der Waals surface area (Å²) < 4.78 is 0. The lowest BCUT2D eigenvalue weighted by Gasteiger charge is -2.31. The molecule has 0 bridgehead atoms. The fraction of sp³-hybridized carbons (Fsp3) is 0.400. The molecule has 1 aromatic carbocycles. The van der Waals surface area contributed by atoms with Gasteiger partial charge in [-0.15, -0.1) is 5.01 Å². The number of nitrogens with zero attached hydrogens (tertiary/aromatic N) is 3. The zero-order valence-corrected chi connectivity index (χ0v) is 8.98. The average molecular weight is 237 g/mol. The van der Waals surface area contributed by atoms with E-state index in [0.29, 0.717) is 13.1 Å². The van der Waals surface area contributed by atoms with E-state index in [1.807, 2.05) is 0 Å². The topological polar surface area (TPSA) is 89.5 Å². The quantitative estimate of drug-likeness (QED) is 0.580. The van der Waals surface area contributed by atoms with Crippen LogP contribution in [0.3, 0.4) is 0 Å². The van der Waals surface area contributed by atoms with Crippen molar-refractivity contribution in [1.29, 1.82) is 0 Å². The third-order valence-corrected chi connectivity index (χ3v) is 2.84. The molecule has 1 saturated heterocycles. The third kappa shape index (κ3) is 2.49. The summed E-state index contributed by atoms with van der Waals surface area (Å²) in [6, 6.07) is 6.32. The molecule has 1 aromatic rings. The summed E-state index contributed by atoms with van der Waals surface area (Å²) in [6.07, 6.45) is 0.725. The number of rotatable bonds is 4. The maximum Gasteiger partial charge on any atom is 0.269 e. The smallest absolute Gasteiger partial charge is 0.258 e. The van der Waals surface area contributed by atoms with Gasteiger partial charge in [-0.2, -0.15) is 0 Å². The molecule has 0 atom stereocenters. The van der Waals surface area contributed by atoms with Gasteiger partial charge in [-0.1, -0.05) is 12.1 Å². The largest absolute Gasteiger partial charge is 0.269 e. The van der Waals surface area contributed by atoms with E-state index in [1.165, 1.54) is 12.1 Å². The van der Waals surface area contributed by atoms with Gasteiger partial charge in [0.2, 0.25) is 0 Å². The molecule has 1 aliphatic heterocycles. The number of nitro benzene ring substituents is 1. The van der Waals surface area contributed by atoms with Gasteiger partial charge in [-0.05, 0) is 12.0 Å². The van der Waals surface area contributed by atoms with Gasteiger partial charge in [-0.3, -0.25) is 10.1 Å². The van der Waals surface area contributed by atoms with Gasteiger partial charge in [0.05, 0.1) is 18.0 Å². The van der Waals surface area contributed by atoms with Gasteiger partial charge in [0.15, 0.2) is 5.03 Å². The van der Waals surface area contributed by atoms with E-state index in [0.717, 1.165) is 17.0 Å². The molecule has 90 valence electrons. The molecule has 0 radical (unpaired) electrons. The van der Waals surface area contributed by atoms with E-state index < -0.39 is 9.96 Å². The lowest BCUT2D eigenvalue weighted by Crippen LogP contribution is -2.50. The standard InChI is InChI=1S/C10H11N3O4/c14-12(15)10-3-1-8(2-4-10)5-9-6-11(7-9)13(16)17/h1-4,9H,5-7H2. The van der Waals surface area contributed by atoms with Gasteiger partial charge in [-0.25, -0.2) is 10.1 Å². The monoisotopic (exact) mass is 237 g/mol. The van der Waals surface area contributed by atoms with E-state index in [1.54, 1.807) is 12.1 Å². The van der Waals surface area contributed by atoms with Crippen molar-refractivity contribution in [2.45, 2.75) is 6.42 Å². The Morgan fingerprint density at radius 3 is 2.24 bits per heavy atom. The molecule has 7 nitrogen and oxygen atoms in total. The maximum absolute atomic E-state index is 10.4. The van der Waals surface area contributed by atoms with Crippen LogP contribution in [-0.4, -0.2) is 28.1 Å². The van der Waals surface area contributed by atoms with Crippen LogP contribution < -0.4 is 0 Å². The van der Waals surface area contributed by atoms with Crippen LogP contribution in [0.2, 0.25) is 0 Å². The van der Waals surface area contributed by atoms with E-state index in [9.17, 15) is 20.2 Å². The third-order valence-electron chi connectivity index (χ3n) is 2.84. The van der Waals surface area contributed by atoms with Crippen LogP contribution in [-0.2, 0) is 6.42 Å². The highest BCUT2D eigenvalue weighted by Gasteiger charge is 2.33. The minimum atomic E-state index is -0.443. The number of hydrogen-bond donors (Lipinski definition) is 0. The van der Waals surface area contributed by atoms with Crippen molar-refractivity contribution >= 4 is 5.69 Å². The van der Waals surface area contributed by atoms with Gasteiger partial charge in [0.25, 0.3) is 5.69 Å². The Morgan fingerprint density at radius 2 is 1.76 bits per heavy atom. The van der Waals surface area contributed by atoms with E-state index in [-0.39, 0.29) is 11.6 Å². The first kappa shape index (κ1) is 11.3. The highest BCUT2D eigenvalue weighted by molar-refractivity contribution is 5.33. The zero-order valence-electron chi connectivity index (χ0n) is 8.98. The molecule has 7 heteroatoms. The molecule has 0 amide bonds. The number of non-ortho nitro benzene ring substituents is 1. The molecule has 1 heterocycles. The highest BCUT2D eigenvalue weighted by Crippen LogP contribution is 2.21. The predicted octanol–water partition coefficient (Wildman–Crippen LogP) is 1.26. The Balaban J connectivity index is 1.88. The molecule has 0 N–H and O–H groups in total. The molecule has 1 aliphatic rings. The Bertz CT molecular complexity index is 439. The average Bonchev–Trinajstić information content (AvgIpc) is 2.23. The zero-order chi connectivity index (χ0) is 12.4. The van der Waals surface area contributed by atoms with Gasteiger partial charge >= 0.3 is 0 Å². The molecule has 0 aliphatic carbocycles. The van der Waals surface area contributed by atoms with Crippen molar-refractivity contribution in [2.75, 3.05) is 13.1 Å². The summed E-state index contributed by atoms with van der Waals surface area (Å²) in [6.45, 7) is 0.897. The Morgan fingerprint density at radius 1 is 1.18 bits per heavy atom. The summed E-state index contributed by atoms with van der Waals surface area (Å²) in [4.78, 5) is 20.4. The number of benzene rings is 1. The molecular weight excluding hydrogens is 226 g/mol. The second-order valence-corrected chi connectivity index (χ2v) is 4.10. The van der Waals surface area contributed by atoms with Crippen LogP contribution in [0.4, 0.5) is 5.69 Å². The van der Waals surface area contributed by atoms with Crippen molar-refractivity contribution < 1.29 is 9.96 Å². The molecule has 2 rings (SSSR count). The molecule has 1 fully saturated rings. The van der Waals surface area contributed by atoms with Crippen LogP contribution >= 0.6 is 0 Å². The molecule has 17 heavy (non-hydrogen) atoms. The van der Waals surface area contributed by atoms with Crippen LogP contribution in [0.1, 0.15) is 5.56 Å². The molecule has 0 unspecified atom stereocenters. The number of hydrazine groups is 1. The number of nitro groups is 2. The Hall–Kier alpha value is -2.18. The van der Waals surface area contributed by atoms with E-state index in [2.05, 4.69) is 0 Å². The summed E-state index contributed by atoms with van der Waals surface area (Å²) in [5.41, 5.74) is 1.04. The van der Waals surface area contributed by atoms with Crippen LogP contribution in [0, 0.1) is 26.1 Å². The second-order valence-electron chi connectivity index (χ2n) is 4.10. The maximum atomic E-state index is 10.4. The number of hydrogen-bond acceptors (Lipinski definition) is 4. The first-order valence-corrected chi connectivity index (χ1v) is 5.19. The summed E-state index contributed by atoms with van der Waals surface area (Å²) >= 11 is 0.